The smallest absolute Gasteiger partial charge is 0.337 e. The summed E-state index contributed by atoms with van der Waals surface area (Å²) in [5, 5.41) is 9.44. The summed E-state index contributed by atoms with van der Waals surface area (Å²) in [5.41, 5.74) is 11.3. The number of nitrogens with zero attached hydrogens (tertiary/aromatic N) is 2. The third kappa shape index (κ3) is 5.50. The number of rotatable bonds is 8. The van der Waals surface area contributed by atoms with Crippen molar-refractivity contribution in [1.29, 1.82) is 0 Å². The molecule has 166 valence electrons. The van der Waals surface area contributed by atoms with E-state index in [-0.39, 0.29) is 5.56 Å². The molecule has 1 saturated heterocycles. The van der Waals surface area contributed by atoms with E-state index in [2.05, 4.69) is 39.1 Å². The quantitative estimate of drug-likeness (QED) is 0.505. The summed E-state index contributed by atoms with van der Waals surface area (Å²) < 4.78 is 5.41. The molecule has 3 heterocycles. The number of benzene rings is 1. The van der Waals surface area contributed by atoms with Gasteiger partial charge >= 0.3 is 5.97 Å². The van der Waals surface area contributed by atoms with Crippen molar-refractivity contribution >= 4 is 18.1 Å². The van der Waals surface area contributed by atoms with E-state index in [1.165, 1.54) is 5.56 Å². The summed E-state index contributed by atoms with van der Waals surface area (Å²) in [6.45, 7) is 4.90. The molecule has 1 aliphatic rings. The Hall–Kier alpha value is -3.26. The lowest BCUT2D eigenvalue weighted by atomic mass is 10.1. The molecule has 0 amide bonds. The highest BCUT2D eigenvalue weighted by molar-refractivity contribution is 5.91. The van der Waals surface area contributed by atoms with Gasteiger partial charge in [0.15, 0.2) is 0 Å². The first kappa shape index (κ1) is 22.0. The van der Waals surface area contributed by atoms with E-state index in [0.717, 1.165) is 55.4 Å². The monoisotopic (exact) mass is 432 g/mol. The Bertz CT molecular complexity index is 1080. The summed E-state index contributed by atoms with van der Waals surface area (Å²) in [5.74, 6) is -0.956. The van der Waals surface area contributed by atoms with Gasteiger partial charge in [0.05, 0.1) is 24.5 Å². The first-order valence-electron chi connectivity index (χ1n) is 10.8. The first-order valence-corrected chi connectivity index (χ1v) is 10.8. The van der Waals surface area contributed by atoms with Gasteiger partial charge in [-0.2, -0.15) is 0 Å². The topological polar surface area (TPSA) is 104 Å². The Morgan fingerprint density at radius 3 is 2.66 bits per heavy atom. The van der Waals surface area contributed by atoms with E-state index < -0.39 is 5.97 Å². The predicted molar refractivity (Wildman–Crippen MR) is 125 cm³/mol. The van der Waals surface area contributed by atoms with Crippen molar-refractivity contribution in [2.75, 3.05) is 32.8 Å². The largest absolute Gasteiger partial charge is 0.478 e. The van der Waals surface area contributed by atoms with Crippen LogP contribution in [0.25, 0.3) is 23.4 Å². The molecule has 0 unspecified atom stereocenters. The van der Waals surface area contributed by atoms with Crippen molar-refractivity contribution in [1.82, 2.24) is 14.9 Å². The van der Waals surface area contributed by atoms with Crippen LogP contribution in [0.3, 0.4) is 0 Å². The van der Waals surface area contributed by atoms with Crippen LogP contribution in [-0.2, 0) is 17.7 Å². The van der Waals surface area contributed by atoms with Crippen LogP contribution in [0.1, 0.15) is 32.9 Å². The number of hydrogen-bond acceptors (Lipinski definition) is 5. The maximum Gasteiger partial charge on any atom is 0.337 e. The van der Waals surface area contributed by atoms with Crippen LogP contribution in [0.5, 0.6) is 0 Å². The summed E-state index contributed by atoms with van der Waals surface area (Å²) in [6.07, 6.45) is 6.20. The fourth-order valence-corrected chi connectivity index (χ4v) is 3.83. The maximum atomic E-state index is 11.5. The highest BCUT2D eigenvalue weighted by Crippen LogP contribution is 2.23. The van der Waals surface area contributed by atoms with Gasteiger partial charge in [-0.1, -0.05) is 30.3 Å². The number of aromatic nitrogens is 2. The average Bonchev–Trinajstić information content (AvgIpc) is 3.24. The third-order valence-electron chi connectivity index (χ3n) is 5.55. The first-order chi connectivity index (χ1) is 15.6. The summed E-state index contributed by atoms with van der Waals surface area (Å²) >= 11 is 0. The number of aromatic carboxylic acids is 1. The van der Waals surface area contributed by atoms with Crippen LogP contribution in [0.2, 0.25) is 0 Å². The second-order valence-corrected chi connectivity index (χ2v) is 7.85. The summed E-state index contributed by atoms with van der Waals surface area (Å²) in [6, 6.07) is 14.0. The molecule has 0 radical (unpaired) electrons. The Balaban J connectivity index is 1.46. The van der Waals surface area contributed by atoms with E-state index in [1.807, 2.05) is 24.3 Å². The number of nitrogens with two attached hydrogens (primary N) is 1. The zero-order valence-electron chi connectivity index (χ0n) is 18.0. The minimum Gasteiger partial charge on any atom is -0.478 e. The van der Waals surface area contributed by atoms with Crippen LogP contribution < -0.4 is 5.73 Å². The zero-order chi connectivity index (χ0) is 22.3. The molecule has 7 heteroatoms. The molecule has 0 atom stereocenters. The Kier molecular flexibility index (Phi) is 7.11. The lowest BCUT2D eigenvalue weighted by Gasteiger charge is -2.26. The molecule has 4 N–H and O–H groups in total. The van der Waals surface area contributed by atoms with Crippen LogP contribution in [-0.4, -0.2) is 58.8 Å². The van der Waals surface area contributed by atoms with Crippen LogP contribution in [0, 0.1) is 0 Å². The number of morpholine rings is 1. The van der Waals surface area contributed by atoms with Crippen molar-refractivity contribution in [2.45, 2.75) is 13.0 Å². The molecule has 7 nitrogen and oxygen atoms in total. The number of carbonyl (C=O) groups is 1. The van der Waals surface area contributed by atoms with Gasteiger partial charge in [-0.05, 0) is 41.9 Å². The molecule has 1 fully saturated rings. The van der Waals surface area contributed by atoms with Gasteiger partial charge < -0.3 is 20.6 Å². The molecule has 2 aromatic heterocycles. The van der Waals surface area contributed by atoms with E-state index in [0.29, 0.717) is 18.7 Å². The minimum absolute atomic E-state index is 0.261. The van der Waals surface area contributed by atoms with Crippen LogP contribution >= 0.6 is 0 Å². The molecule has 0 spiro atoms. The number of hydrogen-bond donors (Lipinski definition) is 3. The molecule has 32 heavy (non-hydrogen) atoms. The van der Waals surface area contributed by atoms with Gasteiger partial charge in [-0.3, -0.25) is 9.88 Å². The molecule has 0 saturated carbocycles. The number of H-pyrrole nitrogens is 1. The summed E-state index contributed by atoms with van der Waals surface area (Å²) in [7, 11) is 0. The Morgan fingerprint density at radius 2 is 1.94 bits per heavy atom. The Labute approximate surface area is 187 Å². The average molecular weight is 433 g/mol. The lowest BCUT2D eigenvalue weighted by Crippen LogP contribution is -2.35. The van der Waals surface area contributed by atoms with Crippen molar-refractivity contribution in [2.24, 2.45) is 5.73 Å². The molecule has 0 aliphatic carbocycles. The number of pyridine rings is 1. The van der Waals surface area contributed by atoms with E-state index >= 15 is 0 Å². The molecule has 4 rings (SSSR count). The standard InChI is InChI=1S/C25H28N4O3/c26-9-7-23-22(25(30)31)16-24(28-23)20-8-10-27-21(15-20)6-5-18-1-3-19(4-2-18)17-29-11-13-32-14-12-29/h1-6,8,10,15-16,28H,7,9,11-14,17,26H2,(H,30,31)/b6-5+. The van der Waals surface area contributed by atoms with Crippen molar-refractivity contribution in [3.63, 3.8) is 0 Å². The van der Waals surface area contributed by atoms with Gasteiger partial charge in [0.25, 0.3) is 0 Å². The highest BCUT2D eigenvalue weighted by Gasteiger charge is 2.15. The van der Waals surface area contributed by atoms with Crippen molar-refractivity contribution < 1.29 is 14.6 Å². The van der Waals surface area contributed by atoms with E-state index in [9.17, 15) is 9.90 Å². The normalized spacial score (nSPS) is 14.8. The third-order valence-corrected chi connectivity index (χ3v) is 5.55. The Morgan fingerprint density at radius 1 is 1.16 bits per heavy atom. The van der Waals surface area contributed by atoms with Crippen LogP contribution in [0.15, 0.2) is 48.7 Å². The van der Waals surface area contributed by atoms with Gasteiger partial charge in [0.2, 0.25) is 0 Å². The molecule has 0 bridgehead atoms. The predicted octanol–water partition coefficient (Wildman–Crippen LogP) is 3.28. The fourth-order valence-electron chi connectivity index (χ4n) is 3.83. The van der Waals surface area contributed by atoms with E-state index in [4.69, 9.17) is 10.5 Å². The zero-order valence-corrected chi connectivity index (χ0v) is 18.0. The van der Waals surface area contributed by atoms with Gasteiger partial charge in [-0.25, -0.2) is 4.79 Å². The lowest BCUT2D eigenvalue weighted by molar-refractivity contribution is 0.0342. The summed E-state index contributed by atoms with van der Waals surface area (Å²) in [4.78, 5) is 21.5. The molecule has 3 aromatic rings. The molecule has 1 aliphatic heterocycles. The van der Waals surface area contributed by atoms with Gasteiger partial charge in [0.1, 0.15) is 0 Å². The second-order valence-electron chi connectivity index (χ2n) is 7.85. The number of aromatic amines is 1. The number of nitrogens with one attached hydrogen (secondary N) is 1. The maximum absolute atomic E-state index is 11.5. The number of ether oxygens (including phenoxy) is 1. The molecular weight excluding hydrogens is 404 g/mol. The van der Waals surface area contributed by atoms with Gasteiger partial charge in [-0.15, -0.1) is 0 Å². The highest BCUT2D eigenvalue weighted by atomic mass is 16.5. The van der Waals surface area contributed by atoms with Crippen molar-refractivity contribution in [3.05, 3.63) is 76.7 Å². The fraction of sp³-hybridized carbons (Fsp3) is 0.280. The minimum atomic E-state index is -0.956. The SMILES string of the molecule is NCCc1[nH]c(-c2ccnc(/C=C/c3ccc(CN4CCOCC4)cc3)c2)cc1C(=O)O. The number of carboxylic acid groups (broad SMARTS) is 1. The number of carboxylic acids is 1. The molecule has 1 aromatic carbocycles. The van der Waals surface area contributed by atoms with Crippen LogP contribution in [0.4, 0.5) is 0 Å². The second kappa shape index (κ2) is 10.4. The van der Waals surface area contributed by atoms with Gasteiger partial charge in [0, 0.05) is 49.2 Å². The van der Waals surface area contributed by atoms with Crippen molar-refractivity contribution in [3.8, 4) is 11.3 Å². The van der Waals surface area contributed by atoms with E-state index in [1.54, 1.807) is 12.3 Å². The molecular formula is C25H28N4O3.